The fourth-order valence-electron chi connectivity index (χ4n) is 3.79. The van der Waals surface area contributed by atoms with Gasteiger partial charge in [-0.15, -0.1) is 0 Å². The highest BCUT2D eigenvalue weighted by molar-refractivity contribution is 5.80. The minimum atomic E-state index is -0.463. The van der Waals surface area contributed by atoms with E-state index in [4.69, 9.17) is 0 Å². The predicted octanol–water partition coefficient (Wildman–Crippen LogP) is 3.40. The number of aliphatic hydroxyl groups is 1. The predicted molar refractivity (Wildman–Crippen MR) is 96.6 cm³/mol. The zero-order chi connectivity index (χ0) is 17.2. The minimum absolute atomic E-state index is 0.138. The van der Waals surface area contributed by atoms with Crippen molar-refractivity contribution in [3.63, 3.8) is 0 Å². The average Bonchev–Trinajstić information content (AvgIpc) is 3.40. The van der Waals surface area contributed by atoms with Gasteiger partial charge in [0, 0.05) is 25.0 Å². The molecule has 2 aromatic rings. The minimum Gasteiger partial charge on any atom is -0.392 e. The first-order chi connectivity index (χ1) is 12.2. The van der Waals surface area contributed by atoms with E-state index in [0.717, 1.165) is 48.8 Å². The summed E-state index contributed by atoms with van der Waals surface area (Å²) in [5, 5.41) is 10.1. The molecule has 0 bridgehead atoms. The number of rotatable bonds is 5. The molecule has 4 rings (SSSR count). The molecule has 0 saturated heterocycles. The van der Waals surface area contributed by atoms with Crippen molar-refractivity contribution in [2.45, 2.75) is 50.8 Å². The Kier molecular flexibility index (Phi) is 4.53. The van der Waals surface area contributed by atoms with Gasteiger partial charge in [-0.1, -0.05) is 24.3 Å². The monoisotopic (exact) mass is 336 g/mol. The van der Waals surface area contributed by atoms with Crippen LogP contribution < -0.4 is 0 Å². The van der Waals surface area contributed by atoms with Crippen LogP contribution in [0.4, 0.5) is 0 Å². The molecule has 2 fully saturated rings. The van der Waals surface area contributed by atoms with Crippen LogP contribution in [0.2, 0.25) is 0 Å². The summed E-state index contributed by atoms with van der Waals surface area (Å²) < 4.78 is 0. The van der Waals surface area contributed by atoms with Crippen LogP contribution >= 0.6 is 0 Å². The van der Waals surface area contributed by atoms with Gasteiger partial charge in [-0.05, 0) is 60.9 Å². The van der Waals surface area contributed by atoms with Crippen molar-refractivity contribution in [2.75, 3.05) is 0 Å². The number of pyridine rings is 1. The van der Waals surface area contributed by atoms with Crippen LogP contribution in [0.25, 0.3) is 11.1 Å². The molecule has 0 radical (unpaired) electrons. The summed E-state index contributed by atoms with van der Waals surface area (Å²) in [5.41, 5.74) is 3.34. The highest BCUT2D eigenvalue weighted by atomic mass is 16.3. The molecule has 130 valence electrons. The molecule has 0 spiro atoms. The molecular formula is C21H24N2O2. The maximum absolute atomic E-state index is 13.0. The van der Waals surface area contributed by atoms with Gasteiger partial charge in [0.25, 0.3) is 0 Å². The molecule has 1 heterocycles. The molecule has 2 unspecified atom stereocenters. The van der Waals surface area contributed by atoms with E-state index in [1.54, 1.807) is 6.20 Å². The first-order valence-electron chi connectivity index (χ1n) is 9.20. The van der Waals surface area contributed by atoms with Gasteiger partial charge in [0.1, 0.15) is 0 Å². The van der Waals surface area contributed by atoms with Crippen LogP contribution in [0.15, 0.2) is 48.8 Å². The van der Waals surface area contributed by atoms with Gasteiger partial charge in [-0.2, -0.15) is 0 Å². The summed E-state index contributed by atoms with van der Waals surface area (Å²) in [6.07, 6.45) is 7.85. The lowest BCUT2D eigenvalue weighted by atomic mass is 10.0. The van der Waals surface area contributed by atoms with Crippen LogP contribution in [0.1, 0.15) is 37.7 Å². The highest BCUT2D eigenvalue weighted by Crippen LogP contribution is 2.34. The molecule has 4 nitrogen and oxygen atoms in total. The molecular weight excluding hydrogens is 312 g/mol. The Morgan fingerprint density at radius 2 is 1.96 bits per heavy atom. The standard InChI is InChI=1S/C21H24N2O2/c24-20-8-2-7-19(20)21(25)23(18-9-10-18)14-15-4-1-5-16(12-15)17-6-3-11-22-13-17/h1,3-6,11-13,18-20,24H,2,7-10,14H2. The Labute approximate surface area is 148 Å². The molecule has 1 N–H and O–H groups in total. The van der Waals surface area contributed by atoms with E-state index in [1.807, 2.05) is 29.3 Å². The van der Waals surface area contributed by atoms with Crippen molar-refractivity contribution in [2.24, 2.45) is 5.92 Å². The van der Waals surface area contributed by atoms with Crippen LogP contribution in [-0.2, 0) is 11.3 Å². The van der Waals surface area contributed by atoms with Gasteiger partial charge in [-0.25, -0.2) is 0 Å². The lowest BCUT2D eigenvalue weighted by Crippen LogP contribution is -2.40. The number of aliphatic hydroxyl groups excluding tert-OH is 1. The van der Waals surface area contributed by atoms with E-state index >= 15 is 0 Å². The fraction of sp³-hybridized carbons (Fsp3) is 0.429. The van der Waals surface area contributed by atoms with E-state index in [0.29, 0.717) is 12.6 Å². The molecule has 0 aliphatic heterocycles. The van der Waals surface area contributed by atoms with Gasteiger partial charge >= 0.3 is 0 Å². The second-order valence-corrected chi connectivity index (χ2v) is 7.24. The number of carbonyl (C=O) groups excluding carboxylic acids is 1. The molecule has 2 atom stereocenters. The van der Waals surface area contributed by atoms with Crippen molar-refractivity contribution in [1.82, 2.24) is 9.88 Å². The van der Waals surface area contributed by atoms with Gasteiger partial charge in [0.2, 0.25) is 5.91 Å². The number of aromatic nitrogens is 1. The van der Waals surface area contributed by atoms with Crippen molar-refractivity contribution < 1.29 is 9.90 Å². The molecule has 25 heavy (non-hydrogen) atoms. The Morgan fingerprint density at radius 1 is 1.12 bits per heavy atom. The fourth-order valence-corrected chi connectivity index (χ4v) is 3.79. The lowest BCUT2D eigenvalue weighted by molar-refractivity contribution is -0.139. The smallest absolute Gasteiger partial charge is 0.228 e. The van der Waals surface area contributed by atoms with Gasteiger partial charge in [0.05, 0.1) is 12.0 Å². The third-order valence-electron chi connectivity index (χ3n) is 5.34. The van der Waals surface area contributed by atoms with Gasteiger partial charge in [-0.3, -0.25) is 9.78 Å². The number of amides is 1. The summed E-state index contributed by atoms with van der Waals surface area (Å²) in [5.74, 6) is -0.0682. The molecule has 2 aliphatic rings. The molecule has 1 amide bonds. The maximum atomic E-state index is 13.0. The Hall–Kier alpha value is -2.20. The van der Waals surface area contributed by atoms with Crippen molar-refractivity contribution in [3.05, 3.63) is 54.4 Å². The van der Waals surface area contributed by atoms with E-state index in [1.165, 1.54) is 0 Å². The van der Waals surface area contributed by atoms with Crippen molar-refractivity contribution in [3.8, 4) is 11.1 Å². The molecule has 4 heteroatoms. The van der Waals surface area contributed by atoms with E-state index < -0.39 is 6.10 Å². The Bertz CT molecular complexity index is 743. The van der Waals surface area contributed by atoms with Crippen LogP contribution in [0, 0.1) is 5.92 Å². The normalized spacial score (nSPS) is 22.8. The number of carbonyl (C=O) groups is 1. The topological polar surface area (TPSA) is 53.4 Å². The quantitative estimate of drug-likeness (QED) is 0.910. The average molecular weight is 336 g/mol. The van der Waals surface area contributed by atoms with Gasteiger partial charge < -0.3 is 10.0 Å². The summed E-state index contributed by atoms with van der Waals surface area (Å²) >= 11 is 0. The van der Waals surface area contributed by atoms with E-state index in [2.05, 4.69) is 23.2 Å². The highest BCUT2D eigenvalue weighted by Gasteiger charge is 2.40. The molecule has 1 aromatic carbocycles. The largest absolute Gasteiger partial charge is 0.392 e. The number of benzene rings is 1. The third-order valence-corrected chi connectivity index (χ3v) is 5.34. The number of nitrogens with zero attached hydrogens (tertiary/aromatic N) is 2. The van der Waals surface area contributed by atoms with Crippen LogP contribution in [0.5, 0.6) is 0 Å². The lowest BCUT2D eigenvalue weighted by Gasteiger charge is -2.27. The van der Waals surface area contributed by atoms with Crippen molar-refractivity contribution >= 4 is 5.91 Å². The summed E-state index contributed by atoms with van der Waals surface area (Å²) in [4.78, 5) is 19.1. The Balaban J connectivity index is 1.54. The second-order valence-electron chi connectivity index (χ2n) is 7.24. The number of hydrogen-bond acceptors (Lipinski definition) is 3. The zero-order valence-corrected chi connectivity index (χ0v) is 14.3. The summed E-state index contributed by atoms with van der Waals surface area (Å²) in [6, 6.07) is 12.7. The summed E-state index contributed by atoms with van der Waals surface area (Å²) in [6.45, 7) is 0.626. The van der Waals surface area contributed by atoms with E-state index in [-0.39, 0.29) is 11.8 Å². The SMILES string of the molecule is O=C(C1CCCC1O)N(Cc1cccc(-c2cccnc2)c1)C1CC1. The van der Waals surface area contributed by atoms with Crippen molar-refractivity contribution in [1.29, 1.82) is 0 Å². The molecule has 2 aliphatic carbocycles. The van der Waals surface area contributed by atoms with Gasteiger partial charge in [0.15, 0.2) is 0 Å². The van der Waals surface area contributed by atoms with Crippen LogP contribution in [-0.4, -0.2) is 33.0 Å². The molecule has 1 aromatic heterocycles. The second kappa shape index (κ2) is 6.96. The van der Waals surface area contributed by atoms with Crippen LogP contribution in [0.3, 0.4) is 0 Å². The number of hydrogen-bond donors (Lipinski definition) is 1. The maximum Gasteiger partial charge on any atom is 0.228 e. The molecule has 2 saturated carbocycles. The zero-order valence-electron chi connectivity index (χ0n) is 14.3. The first kappa shape index (κ1) is 16.3. The van der Waals surface area contributed by atoms with E-state index in [9.17, 15) is 9.90 Å². The Morgan fingerprint density at radius 3 is 2.64 bits per heavy atom. The third kappa shape index (κ3) is 3.59. The summed E-state index contributed by atoms with van der Waals surface area (Å²) in [7, 11) is 0. The first-order valence-corrected chi connectivity index (χ1v) is 9.20.